The van der Waals surface area contributed by atoms with Crippen LogP contribution in [0, 0.1) is 0 Å². The molecule has 0 aliphatic rings. The summed E-state index contributed by atoms with van der Waals surface area (Å²) in [6.45, 7) is 2.39. The van der Waals surface area contributed by atoms with Gasteiger partial charge in [0.15, 0.2) is 0 Å². The fourth-order valence-corrected chi connectivity index (χ4v) is 2.80. The summed E-state index contributed by atoms with van der Waals surface area (Å²) in [5.41, 5.74) is 4.27. The van der Waals surface area contributed by atoms with E-state index >= 15 is 0 Å². The molecule has 3 rings (SSSR count). The maximum atomic E-state index is 5.91. The lowest BCUT2D eigenvalue weighted by atomic mass is 10.2. The summed E-state index contributed by atoms with van der Waals surface area (Å²) in [6, 6.07) is 22.5. The molecule has 0 N–H and O–H groups in total. The van der Waals surface area contributed by atoms with Crippen LogP contribution in [0.25, 0.3) is 0 Å². The van der Waals surface area contributed by atoms with Crippen LogP contribution in [0.4, 0.5) is 0 Å². The Kier molecular flexibility index (Phi) is 5.94. The van der Waals surface area contributed by atoms with E-state index in [0.29, 0.717) is 5.88 Å². The van der Waals surface area contributed by atoms with Gasteiger partial charge in [-0.3, -0.25) is 14.9 Å². The number of aromatic nitrogens is 2. The smallest absolute Gasteiger partial charge is 0.0647 e. The van der Waals surface area contributed by atoms with E-state index in [1.165, 1.54) is 5.56 Å². The first-order valence-corrected chi connectivity index (χ1v) is 8.54. The zero-order chi connectivity index (χ0) is 16.6. The zero-order valence-corrected chi connectivity index (χ0v) is 14.2. The molecule has 0 radical (unpaired) electrons. The number of alkyl halides is 1. The summed E-state index contributed by atoms with van der Waals surface area (Å²) in [5.74, 6) is 0.437. The van der Waals surface area contributed by atoms with Crippen LogP contribution >= 0.6 is 11.6 Å². The largest absolute Gasteiger partial charge is 0.287 e. The third-order valence-electron chi connectivity index (χ3n) is 3.75. The average molecular weight is 338 g/mol. The van der Waals surface area contributed by atoms with Crippen LogP contribution in [-0.4, -0.2) is 14.9 Å². The lowest BCUT2D eigenvalue weighted by Crippen LogP contribution is -2.23. The Labute approximate surface area is 148 Å². The number of rotatable bonds is 7. The number of benzene rings is 1. The van der Waals surface area contributed by atoms with E-state index in [0.717, 1.165) is 36.7 Å². The summed E-state index contributed by atoms with van der Waals surface area (Å²) >= 11 is 5.91. The van der Waals surface area contributed by atoms with E-state index in [9.17, 15) is 0 Å². The molecule has 3 aromatic rings. The van der Waals surface area contributed by atoms with Crippen molar-refractivity contribution in [3.05, 3.63) is 95.6 Å². The lowest BCUT2D eigenvalue weighted by Gasteiger charge is -2.22. The number of hydrogen-bond acceptors (Lipinski definition) is 3. The van der Waals surface area contributed by atoms with Crippen LogP contribution in [0.1, 0.15) is 22.6 Å². The first-order valence-electron chi connectivity index (χ1n) is 8.00. The van der Waals surface area contributed by atoms with Gasteiger partial charge in [0.25, 0.3) is 0 Å². The van der Waals surface area contributed by atoms with E-state index in [-0.39, 0.29) is 0 Å². The molecule has 0 aliphatic heterocycles. The minimum absolute atomic E-state index is 0.437. The first kappa shape index (κ1) is 16.6. The predicted octanol–water partition coefficient (Wildman–Crippen LogP) is 4.42. The Balaban J connectivity index is 1.78. The molecule has 0 spiro atoms. The quantitative estimate of drug-likeness (QED) is 0.598. The Bertz CT molecular complexity index is 706. The van der Waals surface area contributed by atoms with E-state index < -0.39 is 0 Å². The van der Waals surface area contributed by atoms with E-state index in [1.807, 2.05) is 42.6 Å². The molecule has 0 amide bonds. The molecule has 0 saturated heterocycles. The molecule has 1 aromatic carbocycles. The van der Waals surface area contributed by atoms with E-state index in [4.69, 9.17) is 11.6 Å². The highest BCUT2D eigenvalue weighted by atomic mass is 35.5. The Morgan fingerprint density at radius 1 is 0.708 bits per heavy atom. The van der Waals surface area contributed by atoms with E-state index in [2.05, 4.69) is 45.2 Å². The van der Waals surface area contributed by atoms with Crippen molar-refractivity contribution in [1.29, 1.82) is 0 Å². The van der Waals surface area contributed by atoms with Crippen LogP contribution < -0.4 is 0 Å². The number of halogens is 1. The molecule has 0 aliphatic carbocycles. The van der Waals surface area contributed by atoms with Crippen LogP contribution in [0.15, 0.2) is 72.9 Å². The second kappa shape index (κ2) is 8.57. The summed E-state index contributed by atoms with van der Waals surface area (Å²) in [4.78, 5) is 11.4. The molecule has 3 nitrogen and oxygen atoms in total. The van der Waals surface area contributed by atoms with Crippen molar-refractivity contribution in [1.82, 2.24) is 14.9 Å². The van der Waals surface area contributed by atoms with Crippen molar-refractivity contribution in [3.8, 4) is 0 Å². The van der Waals surface area contributed by atoms with Gasteiger partial charge >= 0.3 is 0 Å². The predicted molar refractivity (Wildman–Crippen MR) is 97.4 cm³/mol. The molecule has 0 bridgehead atoms. The highest BCUT2D eigenvalue weighted by Crippen LogP contribution is 2.13. The van der Waals surface area contributed by atoms with Crippen molar-refractivity contribution in [3.63, 3.8) is 0 Å². The Hall–Kier alpha value is -2.23. The molecule has 2 aromatic heterocycles. The normalized spacial score (nSPS) is 10.9. The van der Waals surface area contributed by atoms with Crippen molar-refractivity contribution in [2.75, 3.05) is 0 Å². The first-order chi connectivity index (χ1) is 11.8. The van der Waals surface area contributed by atoms with Crippen molar-refractivity contribution in [2.45, 2.75) is 25.5 Å². The number of pyridine rings is 2. The Morgan fingerprint density at radius 2 is 1.42 bits per heavy atom. The number of nitrogens with zero attached hydrogens (tertiary/aromatic N) is 3. The van der Waals surface area contributed by atoms with Gasteiger partial charge in [-0.15, -0.1) is 11.6 Å². The van der Waals surface area contributed by atoms with Gasteiger partial charge in [-0.1, -0.05) is 42.5 Å². The average Bonchev–Trinajstić information content (AvgIpc) is 2.63. The third kappa shape index (κ3) is 4.88. The fraction of sp³-hybridized carbons (Fsp3) is 0.200. The second-order valence-electron chi connectivity index (χ2n) is 5.71. The summed E-state index contributed by atoms with van der Waals surface area (Å²) < 4.78 is 0. The lowest BCUT2D eigenvalue weighted by molar-refractivity contribution is 0.241. The molecule has 0 unspecified atom stereocenters. The van der Waals surface area contributed by atoms with Gasteiger partial charge in [-0.2, -0.15) is 0 Å². The van der Waals surface area contributed by atoms with Crippen LogP contribution in [0.5, 0.6) is 0 Å². The molecule has 2 heterocycles. The second-order valence-corrected chi connectivity index (χ2v) is 5.97. The van der Waals surface area contributed by atoms with Gasteiger partial charge in [0, 0.05) is 25.8 Å². The maximum absolute atomic E-state index is 5.91. The topological polar surface area (TPSA) is 29.0 Å². The molecular weight excluding hydrogens is 318 g/mol. The highest BCUT2D eigenvalue weighted by Gasteiger charge is 2.10. The SMILES string of the molecule is ClCc1cccc(CN(Cc2ccccc2)Cc2ccccn2)n1. The summed E-state index contributed by atoms with van der Waals surface area (Å²) in [5, 5.41) is 0. The van der Waals surface area contributed by atoms with E-state index in [1.54, 1.807) is 0 Å². The van der Waals surface area contributed by atoms with Gasteiger partial charge in [-0.05, 0) is 29.8 Å². The van der Waals surface area contributed by atoms with Gasteiger partial charge < -0.3 is 0 Å². The van der Waals surface area contributed by atoms with Gasteiger partial charge in [0.2, 0.25) is 0 Å². The zero-order valence-electron chi connectivity index (χ0n) is 13.5. The molecule has 0 atom stereocenters. The van der Waals surface area contributed by atoms with Crippen molar-refractivity contribution in [2.24, 2.45) is 0 Å². The van der Waals surface area contributed by atoms with Gasteiger partial charge in [0.1, 0.15) is 0 Å². The van der Waals surface area contributed by atoms with Crippen LogP contribution in [-0.2, 0) is 25.5 Å². The molecule has 24 heavy (non-hydrogen) atoms. The van der Waals surface area contributed by atoms with Gasteiger partial charge in [0.05, 0.1) is 23.0 Å². The molecule has 4 heteroatoms. The molecule has 122 valence electrons. The van der Waals surface area contributed by atoms with Crippen LogP contribution in [0.3, 0.4) is 0 Å². The van der Waals surface area contributed by atoms with Gasteiger partial charge in [-0.25, -0.2) is 0 Å². The van der Waals surface area contributed by atoms with Crippen molar-refractivity contribution < 1.29 is 0 Å². The summed E-state index contributed by atoms with van der Waals surface area (Å²) in [6.07, 6.45) is 1.84. The molecular formula is C20H20ClN3. The highest BCUT2D eigenvalue weighted by molar-refractivity contribution is 6.16. The standard InChI is InChI=1S/C20H20ClN3/c21-13-18-10-6-11-20(23-18)16-24(14-17-7-2-1-3-8-17)15-19-9-4-5-12-22-19/h1-12H,13-16H2. The monoisotopic (exact) mass is 337 g/mol. The fourth-order valence-electron chi connectivity index (χ4n) is 2.65. The maximum Gasteiger partial charge on any atom is 0.0647 e. The van der Waals surface area contributed by atoms with Crippen LogP contribution in [0.2, 0.25) is 0 Å². The minimum Gasteiger partial charge on any atom is -0.287 e. The summed E-state index contributed by atoms with van der Waals surface area (Å²) in [7, 11) is 0. The molecule has 0 fully saturated rings. The minimum atomic E-state index is 0.437. The third-order valence-corrected chi connectivity index (χ3v) is 4.02. The number of hydrogen-bond donors (Lipinski definition) is 0. The van der Waals surface area contributed by atoms with Crippen molar-refractivity contribution >= 4 is 11.6 Å². The Morgan fingerprint density at radius 3 is 2.17 bits per heavy atom. The molecule has 0 saturated carbocycles.